The van der Waals surface area contributed by atoms with Gasteiger partial charge in [-0.1, -0.05) is 19.8 Å². The summed E-state index contributed by atoms with van der Waals surface area (Å²) < 4.78 is 0. The van der Waals surface area contributed by atoms with E-state index in [2.05, 4.69) is 11.8 Å². The summed E-state index contributed by atoms with van der Waals surface area (Å²) >= 11 is 0. The number of fused-ring (bicyclic) bond motifs is 1. The second-order valence-corrected chi connectivity index (χ2v) is 7.44. The van der Waals surface area contributed by atoms with Crippen LogP contribution in [0.15, 0.2) is 0 Å². The zero-order valence-corrected chi connectivity index (χ0v) is 12.9. The number of hydrogen-bond acceptors (Lipinski definition) is 2. The lowest BCUT2D eigenvalue weighted by Gasteiger charge is -2.46. The van der Waals surface area contributed by atoms with Crippen molar-refractivity contribution >= 4 is 5.91 Å². The highest BCUT2D eigenvalue weighted by Gasteiger charge is 2.39. The molecule has 0 aromatic heterocycles. The largest absolute Gasteiger partial charge is 0.339 e. The molecule has 0 bridgehead atoms. The van der Waals surface area contributed by atoms with Crippen LogP contribution in [0.5, 0.6) is 0 Å². The first kappa shape index (κ1) is 14.4. The molecule has 0 spiro atoms. The lowest BCUT2D eigenvalue weighted by atomic mass is 9.75. The molecule has 1 heterocycles. The molecule has 2 N–H and O–H groups in total. The summed E-state index contributed by atoms with van der Waals surface area (Å²) in [6.45, 7) is 3.22. The first-order valence-electron chi connectivity index (χ1n) is 8.73. The maximum atomic E-state index is 12.9. The van der Waals surface area contributed by atoms with Crippen LogP contribution in [0.2, 0.25) is 0 Å². The van der Waals surface area contributed by atoms with Gasteiger partial charge in [0.25, 0.3) is 0 Å². The van der Waals surface area contributed by atoms with Gasteiger partial charge < -0.3 is 10.6 Å². The SMILES string of the molecule is CC1CC(C(=O)N2CCCC3CCCCC32)CCC1N. The maximum Gasteiger partial charge on any atom is 0.225 e. The monoisotopic (exact) mass is 278 g/mol. The molecule has 2 saturated carbocycles. The van der Waals surface area contributed by atoms with Gasteiger partial charge >= 0.3 is 0 Å². The van der Waals surface area contributed by atoms with Crippen LogP contribution in [0.1, 0.15) is 64.7 Å². The molecule has 5 unspecified atom stereocenters. The van der Waals surface area contributed by atoms with Gasteiger partial charge in [-0.15, -0.1) is 0 Å². The van der Waals surface area contributed by atoms with E-state index in [0.717, 1.165) is 31.7 Å². The molecular formula is C17H30N2O. The number of carbonyl (C=O) groups excluding carboxylic acids is 1. The normalized spacial score (nSPS) is 42.1. The number of likely N-dealkylation sites (tertiary alicyclic amines) is 1. The number of amides is 1. The van der Waals surface area contributed by atoms with Gasteiger partial charge in [0.15, 0.2) is 0 Å². The first-order chi connectivity index (χ1) is 9.66. The molecule has 2 aliphatic carbocycles. The number of hydrogen-bond donors (Lipinski definition) is 1. The molecular weight excluding hydrogens is 248 g/mol. The van der Waals surface area contributed by atoms with E-state index in [1.807, 2.05) is 0 Å². The summed E-state index contributed by atoms with van der Waals surface area (Å²) in [5.41, 5.74) is 6.10. The molecule has 20 heavy (non-hydrogen) atoms. The van der Waals surface area contributed by atoms with E-state index in [-0.39, 0.29) is 5.92 Å². The van der Waals surface area contributed by atoms with Crippen LogP contribution in [0.25, 0.3) is 0 Å². The number of piperidine rings is 1. The van der Waals surface area contributed by atoms with Gasteiger partial charge in [-0.05, 0) is 56.8 Å². The Morgan fingerprint density at radius 3 is 2.60 bits per heavy atom. The van der Waals surface area contributed by atoms with Crippen molar-refractivity contribution in [3.63, 3.8) is 0 Å². The molecule has 0 aromatic carbocycles. The average molecular weight is 278 g/mol. The lowest BCUT2D eigenvalue weighted by molar-refractivity contribution is -0.143. The van der Waals surface area contributed by atoms with Crippen molar-refractivity contribution in [2.45, 2.75) is 76.8 Å². The van der Waals surface area contributed by atoms with Gasteiger partial charge in [-0.2, -0.15) is 0 Å². The third-order valence-electron chi connectivity index (χ3n) is 6.11. The molecule has 114 valence electrons. The molecule has 1 amide bonds. The van der Waals surface area contributed by atoms with Crippen molar-refractivity contribution < 1.29 is 4.79 Å². The fourth-order valence-corrected chi connectivity index (χ4v) is 4.78. The molecule has 0 radical (unpaired) electrons. The van der Waals surface area contributed by atoms with Crippen molar-refractivity contribution in [3.05, 3.63) is 0 Å². The second-order valence-electron chi connectivity index (χ2n) is 7.44. The summed E-state index contributed by atoms with van der Waals surface area (Å²) in [4.78, 5) is 15.2. The van der Waals surface area contributed by atoms with Crippen LogP contribution in [0.3, 0.4) is 0 Å². The minimum Gasteiger partial charge on any atom is -0.339 e. The van der Waals surface area contributed by atoms with Gasteiger partial charge in [0, 0.05) is 24.5 Å². The van der Waals surface area contributed by atoms with E-state index in [1.54, 1.807) is 0 Å². The molecule has 0 aromatic rings. The number of carbonyl (C=O) groups is 1. The molecule has 3 rings (SSSR count). The fourth-order valence-electron chi connectivity index (χ4n) is 4.78. The molecule has 3 heteroatoms. The van der Waals surface area contributed by atoms with Crippen LogP contribution in [0, 0.1) is 17.8 Å². The Hall–Kier alpha value is -0.570. The van der Waals surface area contributed by atoms with E-state index in [9.17, 15) is 4.79 Å². The van der Waals surface area contributed by atoms with Gasteiger partial charge in [0.2, 0.25) is 5.91 Å². The van der Waals surface area contributed by atoms with E-state index in [4.69, 9.17) is 5.73 Å². The van der Waals surface area contributed by atoms with Crippen molar-refractivity contribution in [1.82, 2.24) is 4.90 Å². The highest BCUT2D eigenvalue weighted by atomic mass is 16.2. The molecule has 3 nitrogen and oxygen atoms in total. The first-order valence-corrected chi connectivity index (χ1v) is 8.73. The van der Waals surface area contributed by atoms with E-state index >= 15 is 0 Å². The van der Waals surface area contributed by atoms with Crippen LogP contribution in [-0.4, -0.2) is 29.4 Å². The van der Waals surface area contributed by atoms with E-state index in [0.29, 0.717) is 23.9 Å². The number of rotatable bonds is 1. The highest BCUT2D eigenvalue weighted by Crippen LogP contribution is 2.38. The Morgan fingerprint density at radius 2 is 1.80 bits per heavy atom. The summed E-state index contributed by atoms with van der Waals surface area (Å²) in [5, 5.41) is 0. The van der Waals surface area contributed by atoms with Crippen LogP contribution >= 0.6 is 0 Å². The fraction of sp³-hybridized carbons (Fsp3) is 0.941. The Kier molecular flexibility index (Phi) is 4.34. The molecule has 1 aliphatic heterocycles. The smallest absolute Gasteiger partial charge is 0.225 e. The highest BCUT2D eigenvalue weighted by molar-refractivity contribution is 5.79. The third-order valence-corrected chi connectivity index (χ3v) is 6.11. The molecule has 3 fully saturated rings. The Morgan fingerprint density at radius 1 is 1.05 bits per heavy atom. The third kappa shape index (κ3) is 2.74. The van der Waals surface area contributed by atoms with Crippen LogP contribution in [0.4, 0.5) is 0 Å². The maximum absolute atomic E-state index is 12.9. The molecule has 5 atom stereocenters. The standard InChI is InChI=1S/C17H30N2O/c1-12-11-14(8-9-15(12)18)17(20)19-10-4-6-13-5-2-3-7-16(13)19/h12-16H,2-11,18H2,1H3. The van der Waals surface area contributed by atoms with Gasteiger partial charge in [0.1, 0.15) is 0 Å². The summed E-state index contributed by atoms with van der Waals surface area (Å²) in [6.07, 6.45) is 10.9. The number of nitrogens with zero attached hydrogens (tertiary/aromatic N) is 1. The van der Waals surface area contributed by atoms with Gasteiger partial charge in [-0.25, -0.2) is 0 Å². The van der Waals surface area contributed by atoms with Crippen molar-refractivity contribution in [2.75, 3.05) is 6.54 Å². The second kappa shape index (κ2) is 6.05. The molecule has 3 aliphatic rings. The lowest BCUT2D eigenvalue weighted by Crippen LogP contribution is -2.52. The predicted molar refractivity (Wildman–Crippen MR) is 81.2 cm³/mol. The van der Waals surface area contributed by atoms with E-state index in [1.165, 1.54) is 38.5 Å². The summed E-state index contributed by atoms with van der Waals surface area (Å²) in [6, 6.07) is 0.874. The Labute approximate surface area is 123 Å². The van der Waals surface area contributed by atoms with E-state index < -0.39 is 0 Å². The Bertz CT molecular complexity index is 355. The van der Waals surface area contributed by atoms with Crippen LogP contribution < -0.4 is 5.73 Å². The molecule has 1 saturated heterocycles. The summed E-state index contributed by atoms with van der Waals surface area (Å²) in [5.74, 6) is 2.01. The predicted octanol–water partition coefficient (Wildman–Crippen LogP) is 2.93. The van der Waals surface area contributed by atoms with Gasteiger partial charge in [0.05, 0.1) is 0 Å². The van der Waals surface area contributed by atoms with Gasteiger partial charge in [-0.3, -0.25) is 4.79 Å². The van der Waals surface area contributed by atoms with Crippen LogP contribution in [-0.2, 0) is 4.79 Å². The number of nitrogens with two attached hydrogens (primary N) is 1. The minimum atomic E-state index is 0.255. The Balaban J connectivity index is 1.66. The summed E-state index contributed by atoms with van der Waals surface area (Å²) in [7, 11) is 0. The average Bonchev–Trinajstić information content (AvgIpc) is 2.49. The quantitative estimate of drug-likeness (QED) is 0.801. The van der Waals surface area contributed by atoms with Crippen molar-refractivity contribution in [1.29, 1.82) is 0 Å². The zero-order chi connectivity index (χ0) is 14.1. The minimum absolute atomic E-state index is 0.255. The van der Waals surface area contributed by atoms with Crippen molar-refractivity contribution in [2.24, 2.45) is 23.5 Å². The van der Waals surface area contributed by atoms with Crippen molar-refractivity contribution in [3.8, 4) is 0 Å². The topological polar surface area (TPSA) is 46.3 Å². The zero-order valence-electron chi connectivity index (χ0n) is 12.9.